The van der Waals surface area contributed by atoms with Gasteiger partial charge in [0.25, 0.3) is 11.3 Å². The van der Waals surface area contributed by atoms with E-state index in [-0.39, 0.29) is 0 Å². The maximum atomic E-state index is 10.9. The first kappa shape index (κ1) is 18.8. The minimum absolute atomic E-state index is 0.447. The van der Waals surface area contributed by atoms with Gasteiger partial charge in [0.1, 0.15) is 11.5 Å². The number of benzene rings is 2. The fourth-order valence-electron chi connectivity index (χ4n) is 2.48. The van der Waals surface area contributed by atoms with Gasteiger partial charge in [-0.1, -0.05) is 13.8 Å². The Labute approximate surface area is 150 Å². The molecule has 130 valence electrons. The molecule has 0 aliphatic rings. The van der Waals surface area contributed by atoms with Crippen molar-refractivity contribution in [1.29, 1.82) is 0 Å². The number of aryl methyl sites for hydroxylation is 1. The normalized spacial score (nSPS) is 12.2. The number of hydrogen-bond donors (Lipinski definition) is 2. The Morgan fingerprint density at radius 1 is 1.25 bits per heavy atom. The summed E-state index contributed by atoms with van der Waals surface area (Å²) >= 11 is -0.369. The van der Waals surface area contributed by atoms with Crippen molar-refractivity contribution in [3.05, 3.63) is 47.5 Å². The SMILES string of the molecule is CSc1ccc(Oc2ccc(NS(=O)O)cc2CC(C)C)cc1C. The molecule has 0 fully saturated rings. The van der Waals surface area contributed by atoms with Crippen molar-refractivity contribution >= 4 is 28.7 Å². The third-order valence-corrected chi connectivity index (χ3v) is 4.80. The highest BCUT2D eigenvalue weighted by atomic mass is 32.2. The molecule has 2 aromatic rings. The van der Waals surface area contributed by atoms with Crippen LogP contribution in [0.25, 0.3) is 0 Å². The van der Waals surface area contributed by atoms with Crippen molar-refractivity contribution in [3.63, 3.8) is 0 Å². The molecule has 0 heterocycles. The van der Waals surface area contributed by atoms with Crippen molar-refractivity contribution in [2.45, 2.75) is 32.1 Å². The zero-order valence-electron chi connectivity index (χ0n) is 14.3. The molecule has 2 aromatic carbocycles. The minimum Gasteiger partial charge on any atom is -0.457 e. The molecule has 24 heavy (non-hydrogen) atoms. The Kier molecular flexibility index (Phi) is 6.71. The summed E-state index contributed by atoms with van der Waals surface area (Å²) in [5, 5.41) is 0. The topological polar surface area (TPSA) is 58.6 Å². The molecule has 4 nitrogen and oxygen atoms in total. The summed E-state index contributed by atoms with van der Waals surface area (Å²) in [5.74, 6) is 2.01. The van der Waals surface area contributed by atoms with Crippen LogP contribution >= 0.6 is 11.8 Å². The summed E-state index contributed by atoms with van der Waals surface area (Å²) in [6.07, 6.45) is 2.88. The second-order valence-corrected chi connectivity index (χ2v) is 7.56. The molecule has 0 saturated carbocycles. The molecule has 2 rings (SSSR count). The van der Waals surface area contributed by atoms with E-state index < -0.39 is 11.3 Å². The first-order chi connectivity index (χ1) is 11.4. The number of nitrogens with one attached hydrogen (secondary N) is 1. The predicted molar refractivity (Wildman–Crippen MR) is 102 cm³/mol. The molecule has 0 radical (unpaired) electrons. The van der Waals surface area contributed by atoms with E-state index in [1.165, 1.54) is 10.5 Å². The maximum absolute atomic E-state index is 10.9. The Balaban J connectivity index is 2.30. The van der Waals surface area contributed by atoms with Crippen molar-refractivity contribution in [1.82, 2.24) is 0 Å². The number of hydrogen-bond acceptors (Lipinski definition) is 3. The Morgan fingerprint density at radius 2 is 2.00 bits per heavy atom. The van der Waals surface area contributed by atoms with Crippen LogP contribution in [0.15, 0.2) is 41.3 Å². The lowest BCUT2D eigenvalue weighted by molar-refractivity contribution is 0.470. The molecule has 2 N–H and O–H groups in total. The Hall–Kier alpha value is -1.50. The lowest BCUT2D eigenvalue weighted by atomic mass is 10.0. The third-order valence-electron chi connectivity index (χ3n) is 3.49. The zero-order valence-corrected chi connectivity index (χ0v) is 16.0. The lowest BCUT2D eigenvalue weighted by Crippen LogP contribution is -2.04. The van der Waals surface area contributed by atoms with Gasteiger partial charge in [0.2, 0.25) is 0 Å². The third kappa shape index (κ3) is 5.26. The second kappa shape index (κ2) is 8.55. The first-order valence-corrected chi connectivity index (χ1v) is 10.0. The van der Waals surface area contributed by atoms with Gasteiger partial charge in [-0.3, -0.25) is 9.27 Å². The van der Waals surface area contributed by atoms with Crippen LogP contribution in [0.1, 0.15) is 25.0 Å². The summed E-state index contributed by atoms with van der Waals surface area (Å²) in [4.78, 5) is 1.23. The van der Waals surface area contributed by atoms with E-state index in [1.807, 2.05) is 24.3 Å². The van der Waals surface area contributed by atoms with Crippen molar-refractivity contribution in [2.24, 2.45) is 5.92 Å². The number of anilines is 1. The van der Waals surface area contributed by atoms with E-state index in [4.69, 9.17) is 9.29 Å². The quantitative estimate of drug-likeness (QED) is 0.519. The van der Waals surface area contributed by atoms with Gasteiger partial charge in [0.05, 0.1) is 0 Å². The van der Waals surface area contributed by atoms with Crippen molar-refractivity contribution < 1.29 is 13.5 Å². The fraction of sp³-hybridized carbons (Fsp3) is 0.333. The number of ether oxygens (including phenoxy) is 1. The van der Waals surface area contributed by atoms with Gasteiger partial charge < -0.3 is 4.74 Å². The highest BCUT2D eigenvalue weighted by Gasteiger charge is 2.10. The van der Waals surface area contributed by atoms with Crippen LogP contribution in [-0.4, -0.2) is 15.0 Å². The number of rotatable bonds is 7. The Morgan fingerprint density at radius 3 is 2.58 bits per heavy atom. The van der Waals surface area contributed by atoms with E-state index in [0.29, 0.717) is 11.6 Å². The highest BCUT2D eigenvalue weighted by molar-refractivity contribution is 7.98. The van der Waals surface area contributed by atoms with E-state index in [0.717, 1.165) is 23.5 Å². The molecular formula is C18H23NO3S2. The largest absolute Gasteiger partial charge is 0.457 e. The molecule has 0 spiro atoms. The molecule has 0 aliphatic heterocycles. The summed E-state index contributed by atoms with van der Waals surface area (Å²) in [6.45, 7) is 6.33. The van der Waals surface area contributed by atoms with Crippen LogP contribution in [0, 0.1) is 12.8 Å². The van der Waals surface area contributed by atoms with Crippen LogP contribution < -0.4 is 9.46 Å². The minimum atomic E-state index is -2.08. The smallest absolute Gasteiger partial charge is 0.259 e. The van der Waals surface area contributed by atoms with Crippen LogP contribution in [-0.2, 0) is 17.7 Å². The van der Waals surface area contributed by atoms with Crippen LogP contribution in [0.5, 0.6) is 11.5 Å². The van der Waals surface area contributed by atoms with E-state index in [1.54, 1.807) is 17.8 Å². The molecule has 1 unspecified atom stereocenters. The van der Waals surface area contributed by atoms with E-state index in [2.05, 4.69) is 37.8 Å². The van der Waals surface area contributed by atoms with Crippen molar-refractivity contribution in [2.75, 3.05) is 11.0 Å². The van der Waals surface area contributed by atoms with Gasteiger partial charge in [-0.05, 0) is 73.0 Å². The molecule has 0 saturated heterocycles. The van der Waals surface area contributed by atoms with Gasteiger partial charge in [-0.2, -0.15) is 0 Å². The van der Waals surface area contributed by atoms with Crippen molar-refractivity contribution in [3.8, 4) is 11.5 Å². The van der Waals surface area contributed by atoms with Crippen LogP contribution in [0.3, 0.4) is 0 Å². The maximum Gasteiger partial charge on any atom is 0.259 e. The average molecular weight is 366 g/mol. The standard InChI is InChI=1S/C18H23NO3S2/c1-12(2)9-14-11-15(19-24(20)21)5-7-17(14)22-16-6-8-18(23-4)13(3)10-16/h5-8,10-12,19H,9H2,1-4H3,(H,20,21). The average Bonchev–Trinajstić information content (AvgIpc) is 2.49. The molecule has 6 heteroatoms. The molecule has 0 aliphatic carbocycles. The summed E-state index contributed by atoms with van der Waals surface area (Å²) in [5.41, 5.74) is 2.79. The lowest BCUT2D eigenvalue weighted by Gasteiger charge is -2.15. The molecule has 0 bridgehead atoms. The fourth-order valence-corrected chi connectivity index (χ4v) is 3.40. The molecule has 0 amide bonds. The molecule has 0 aromatic heterocycles. The highest BCUT2D eigenvalue weighted by Crippen LogP contribution is 2.32. The molecule has 1 atom stereocenters. The van der Waals surface area contributed by atoms with Gasteiger partial charge in [-0.15, -0.1) is 11.8 Å². The van der Waals surface area contributed by atoms with Gasteiger partial charge >= 0.3 is 0 Å². The Bertz CT molecular complexity index is 732. The zero-order chi connectivity index (χ0) is 17.7. The number of thioether (sulfide) groups is 1. The van der Waals surface area contributed by atoms with Gasteiger partial charge in [0, 0.05) is 10.6 Å². The summed E-state index contributed by atoms with van der Waals surface area (Å²) in [6, 6.07) is 11.5. The molecular weight excluding hydrogens is 342 g/mol. The van der Waals surface area contributed by atoms with E-state index >= 15 is 0 Å². The first-order valence-electron chi connectivity index (χ1n) is 7.72. The monoisotopic (exact) mass is 365 g/mol. The predicted octanol–water partition coefficient (Wildman–Crippen LogP) is 5.26. The van der Waals surface area contributed by atoms with E-state index in [9.17, 15) is 4.21 Å². The summed E-state index contributed by atoms with van der Waals surface area (Å²) < 4.78 is 28.5. The van der Waals surface area contributed by atoms with Gasteiger partial charge in [-0.25, -0.2) is 4.21 Å². The summed E-state index contributed by atoms with van der Waals surface area (Å²) in [7, 11) is 0. The second-order valence-electron chi connectivity index (χ2n) is 6.01. The van der Waals surface area contributed by atoms with Crippen LogP contribution in [0.4, 0.5) is 5.69 Å². The van der Waals surface area contributed by atoms with Gasteiger partial charge in [0.15, 0.2) is 0 Å². The van der Waals surface area contributed by atoms with Crippen LogP contribution in [0.2, 0.25) is 0 Å².